The Balaban J connectivity index is 1.93. The first kappa shape index (κ1) is 19.6. The van der Waals surface area contributed by atoms with Gasteiger partial charge in [-0.15, -0.1) is 0 Å². The van der Waals surface area contributed by atoms with E-state index in [-0.39, 0.29) is 21.3 Å². The fraction of sp³-hybridized carbons (Fsp3) is 0.160. The van der Waals surface area contributed by atoms with Crippen molar-refractivity contribution in [2.24, 2.45) is 0 Å². The van der Waals surface area contributed by atoms with Gasteiger partial charge in [-0.1, -0.05) is 55.0 Å². The molecule has 1 aliphatic rings. The van der Waals surface area contributed by atoms with E-state index in [1.165, 1.54) is 0 Å². The Bertz CT molecular complexity index is 1460. The van der Waals surface area contributed by atoms with Crippen molar-refractivity contribution in [2.75, 3.05) is 11.6 Å². The second-order valence-electron chi connectivity index (χ2n) is 8.02. The van der Waals surface area contributed by atoms with Crippen molar-refractivity contribution < 1.29 is 8.42 Å². The lowest BCUT2D eigenvalue weighted by Crippen LogP contribution is -2.36. The van der Waals surface area contributed by atoms with E-state index < -0.39 is 9.84 Å². The Morgan fingerprint density at radius 3 is 2.19 bits per heavy atom. The average molecular weight is 431 g/mol. The third-order valence-corrected chi connectivity index (χ3v) is 7.69. The van der Waals surface area contributed by atoms with Gasteiger partial charge in [0.05, 0.1) is 21.7 Å². The van der Waals surface area contributed by atoms with Crippen LogP contribution in [0.1, 0.15) is 24.1 Å². The zero-order valence-corrected chi connectivity index (χ0v) is 18.1. The molecule has 0 aliphatic carbocycles. The van der Waals surface area contributed by atoms with Gasteiger partial charge in [0.2, 0.25) is 9.84 Å². The van der Waals surface area contributed by atoms with Gasteiger partial charge < -0.3 is 0 Å². The highest BCUT2D eigenvalue weighted by Crippen LogP contribution is 2.38. The Morgan fingerprint density at radius 1 is 0.871 bits per heavy atom. The molecule has 31 heavy (non-hydrogen) atoms. The highest BCUT2D eigenvalue weighted by molar-refractivity contribution is 7.91. The molecule has 0 saturated carbocycles. The summed E-state index contributed by atoms with van der Waals surface area (Å²) in [5, 5.41) is 2.77. The highest BCUT2D eigenvalue weighted by atomic mass is 32.2. The number of fused-ring (bicyclic) bond motifs is 2. The van der Waals surface area contributed by atoms with Crippen molar-refractivity contribution in [1.29, 1.82) is 0 Å². The molecule has 0 amide bonds. The number of aromatic nitrogens is 1. The molecule has 0 saturated heterocycles. The largest absolute Gasteiger partial charge is 0.278 e. The maximum atomic E-state index is 13.9. The number of anilines is 1. The quantitative estimate of drug-likeness (QED) is 0.479. The summed E-state index contributed by atoms with van der Waals surface area (Å²) in [7, 11) is -3.85. The van der Waals surface area contributed by atoms with Gasteiger partial charge in [-0.2, -0.15) is 0 Å². The SMILES string of the molecule is Cc1ccc2c(=O)n3c(c(S(=O)(=O)c4ccccc4)c2c1)C(C)CN3c1ccccc1. The van der Waals surface area contributed by atoms with E-state index in [2.05, 4.69) is 0 Å². The Morgan fingerprint density at radius 2 is 1.52 bits per heavy atom. The lowest BCUT2D eigenvalue weighted by atomic mass is 10.0. The fourth-order valence-corrected chi connectivity index (χ4v) is 6.18. The zero-order valence-electron chi connectivity index (χ0n) is 17.3. The second-order valence-corrected chi connectivity index (χ2v) is 9.90. The van der Waals surface area contributed by atoms with Gasteiger partial charge in [0, 0.05) is 17.8 Å². The van der Waals surface area contributed by atoms with Crippen LogP contribution < -0.4 is 10.6 Å². The monoisotopic (exact) mass is 430 g/mol. The summed E-state index contributed by atoms with van der Waals surface area (Å²) in [5.41, 5.74) is 2.10. The van der Waals surface area contributed by atoms with Gasteiger partial charge in [-0.25, -0.2) is 13.1 Å². The molecule has 0 spiro atoms. The first-order valence-electron chi connectivity index (χ1n) is 10.2. The van der Waals surface area contributed by atoms with Gasteiger partial charge in [-0.3, -0.25) is 9.80 Å². The molecule has 1 atom stereocenters. The van der Waals surface area contributed by atoms with Gasteiger partial charge >= 0.3 is 0 Å². The minimum absolute atomic E-state index is 0.147. The van der Waals surface area contributed by atoms with E-state index in [9.17, 15) is 13.2 Å². The van der Waals surface area contributed by atoms with Crippen LogP contribution in [0, 0.1) is 6.92 Å². The van der Waals surface area contributed by atoms with E-state index >= 15 is 0 Å². The van der Waals surface area contributed by atoms with E-state index in [0.717, 1.165) is 11.3 Å². The number of nitrogens with zero attached hydrogens (tertiary/aromatic N) is 2. The molecule has 1 aliphatic heterocycles. The Hall–Kier alpha value is -3.38. The van der Waals surface area contributed by atoms with Gasteiger partial charge in [0.1, 0.15) is 4.90 Å². The minimum atomic E-state index is -3.85. The summed E-state index contributed by atoms with van der Waals surface area (Å²) in [4.78, 5) is 14.1. The zero-order chi connectivity index (χ0) is 21.8. The molecule has 0 radical (unpaired) electrons. The van der Waals surface area contributed by atoms with Crippen LogP contribution in [-0.4, -0.2) is 19.6 Å². The molecule has 0 fully saturated rings. The van der Waals surface area contributed by atoms with E-state index in [1.807, 2.05) is 61.3 Å². The number of hydrogen-bond acceptors (Lipinski definition) is 4. The van der Waals surface area contributed by atoms with Crippen LogP contribution in [0.3, 0.4) is 0 Å². The topological polar surface area (TPSA) is 59.4 Å². The standard InChI is InChI=1S/C25H22N2O3S/c1-17-13-14-21-22(15-17)24(31(29,30)20-11-7-4-8-12-20)23-18(2)16-26(27(23)25(21)28)19-9-5-3-6-10-19/h3-15,18H,16H2,1-2H3. The summed E-state index contributed by atoms with van der Waals surface area (Å²) in [6, 6.07) is 23.4. The van der Waals surface area contributed by atoms with E-state index in [4.69, 9.17) is 0 Å². The number of para-hydroxylation sites is 1. The predicted molar refractivity (Wildman–Crippen MR) is 122 cm³/mol. The van der Waals surface area contributed by atoms with Crippen molar-refractivity contribution in [1.82, 2.24) is 4.68 Å². The summed E-state index contributed by atoms with van der Waals surface area (Å²) in [6.07, 6.45) is 0. The fourth-order valence-electron chi connectivity index (χ4n) is 4.41. The lowest BCUT2D eigenvalue weighted by molar-refractivity contribution is 0.593. The molecule has 0 N–H and O–H groups in total. The molecule has 5 rings (SSSR count). The molecule has 2 heterocycles. The molecule has 5 nitrogen and oxygen atoms in total. The number of pyridine rings is 1. The molecular weight excluding hydrogens is 408 g/mol. The summed E-state index contributed by atoms with van der Waals surface area (Å²) >= 11 is 0. The Kier molecular flexibility index (Phi) is 4.48. The van der Waals surface area contributed by atoms with Crippen LogP contribution in [0.4, 0.5) is 5.69 Å². The second kappa shape index (κ2) is 7.10. The van der Waals surface area contributed by atoms with Crippen LogP contribution in [0.25, 0.3) is 10.8 Å². The molecule has 6 heteroatoms. The maximum Gasteiger partial charge on any atom is 0.277 e. The van der Waals surface area contributed by atoms with Crippen molar-refractivity contribution in [3.63, 3.8) is 0 Å². The number of hydrogen-bond donors (Lipinski definition) is 0. The summed E-state index contributed by atoms with van der Waals surface area (Å²) in [6.45, 7) is 4.40. The van der Waals surface area contributed by atoms with Crippen molar-refractivity contribution >= 4 is 26.3 Å². The number of benzene rings is 3. The Labute approximate surface area is 181 Å². The lowest BCUT2D eigenvalue weighted by Gasteiger charge is -2.23. The van der Waals surface area contributed by atoms with Crippen LogP contribution in [0.15, 0.2) is 93.4 Å². The summed E-state index contributed by atoms with van der Waals surface area (Å²) < 4.78 is 29.3. The molecule has 3 aromatic carbocycles. The average Bonchev–Trinajstić information content (AvgIpc) is 3.12. The smallest absolute Gasteiger partial charge is 0.277 e. The molecule has 0 bridgehead atoms. The normalized spacial score (nSPS) is 15.9. The molecule has 1 unspecified atom stereocenters. The van der Waals surface area contributed by atoms with Crippen molar-refractivity contribution in [2.45, 2.75) is 29.6 Å². The first-order chi connectivity index (χ1) is 14.9. The molecule has 1 aromatic heterocycles. The molecular formula is C25H22N2O3S. The van der Waals surface area contributed by atoms with Gasteiger partial charge in [-0.05, 0) is 43.3 Å². The van der Waals surface area contributed by atoms with E-state index in [0.29, 0.717) is 23.0 Å². The molecule has 4 aromatic rings. The summed E-state index contributed by atoms with van der Waals surface area (Å²) in [5.74, 6) is -0.147. The third-order valence-electron chi connectivity index (χ3n) is 5.83. The maximum absolute atomic E-state index is 13.9. The van der Waals surface area contributed by atoms with E-state index in [1.54, 1.807) is 41.1 Å². The first-order valence-corrected chi connectivity index (χ1v) is 11.7. The van der Waals surface area contributed by atoms with Crippen LogP contribution in [0.2, 0.25) is 0 Å². The van der Waals surface area contributed by atoms with Crippen molar-refractivity contribution in [3.8, 4) is 0 Å². The highest BCUT2D eigenvalue weighted by Gasteiger charge is 2.37. The van der Waals surface area contributed by atoms with Crippen molar-refractivity contribution in [3.05, 3.63) is 100 Å². The van der Waals surface area contributed by atoms with Crippen LogP contribution in [-0.2, 0) is 9.84 Å². The number of rotatable bonds is 3. The van der Waals surface area contributed by atoms with Crippen LogP contribution in [0.5, 0.6) is 0 Å². The number of sulfone groups is 1. The number of aryl methyl sites for hydroxylation is 1. The predicted octanol–water partition coefficient (Wildman–Crippen LogP) is 4.53. The van der Waals surface area contributed by atoms with Gasteiger partial charge in [0.15, 0.2) is 0 Å². The molecule has 156 valence electrons. The van der Waals surface area contributed by atoms with Crippen LogP contribution >= 0.6 is 0 Å². The minimum Gasteiger partial charge on any atom is -0.278 e. The van der Waals surface area contributed by atoms with Gasteiger partial charge in [0.25, 0.3) is 5.56 Å². The third kappa shape index (κ3) is 2.98.